The van der Waals surface area contributed by atoms with Gasteiger partial charge in [-0.3, -0.25) is 33.0 Å². The first kappa shape index (κ1) is 42.6. The molecule has 0 spiro atoms. The van der Waals surface area contributed by atoms with Crippen LogP contribution in [0.4, 0.5) is 4.39 Å². The lowest BCUT2D eigenvalue weighted by molar-refractivity contribution is -0.150. The summed E-state index contributed by atoms with van der Waals surface area (Å²) in [6.45, 7) is 9.72. The predicted molar refractivity (Wildman–Crippen MR) is 193 cm³/mol. The molecule has 2 heterocycles. The number of carbonyl (C=O) groups is 2. The average Bonchev–Trinajstić information content (AvgIpc) is 3.39. The number of hydrogen-bond donors (Lipinski definition) is 3. The van der Waals surface area contributed by atoms with Crippen molar-refractivity contribution in [3.05, 3.63) is 93.3 Å². The molecule has 4 rings (SSSR count). The third kappa shape index (κ3) is 11.7. The maximum absolute atomic E-state index is 16.7. The molecule has 17 nitrogen and oxygen atoms in total. The number of aromatic amines is 1. The van der Waals surface area contributed by atoms with Crippen LogP contribution in [0, 0.1) is 6.92 Å². The standard InChI is InChI=1S/C34H45FN4O13P2/c1-20(2)47-32(41)23(6)37-53(44,50-25-14-10-8-11-15-25)46-19-27-29(28(35)31(49-27)39-18-22(5)30(40)36-34(39)43)52-54(45,51-26-16-12-9-13-17-26)38-24(7)33(42)48-21(3)4/h8-18,20-21,23-24,27-29,31H,19H2,1-7H3,(H,37,44)(H,38,45)(H,36,40,43)/t23-,24-,27-,28+,29?,31-,53+,54-/m0/s1. The predicted octanol–water partition coefficient (Wildman–Crippen LogP) is 4.72. The summed E-state index contributed by atoms with van der Waals surface area (Å²) in [6.07, 6.45) is -7.69. The van der Waals surface area contributed by atoms with Gasteiger partial charge in [0.15, 0.2) is 12.4 Å². The number of aromatic nitrogens is 2. The van der Waals surface area contributed by atoms with E-state index in [1.54, 1.807) is 64.1 Å². The molecule has 1 saturated heterocycles. The number of carbonyl (C=O) groups excluding carboxylic acids is 2. The molecule has 1 aliphatic rings. The van der Waals surface area contributed by atoms with Crippen molar-refractivity contribution in [2.24, 2.45) is 0 Å². The number of rotatable bonds is 18. The Bertz CT molecular complexity index is 1950. The fourth-order valence-electron chi connectivity index (χ4n) is 4.94. The van der Waals surface area contributed by atoms with Gasteiger partial charge in [0.05, 0.1) is 18.8 Å². The van der Waals surface area contributed by atoms with E-state index in [1.165, 1.54) is 45.0 Å². The van der Waals surface area contributed by atoms with Crippen molar-refractivity contribution < 1.29 is 55.4 Å². The number of nitrogens with one attached hydrogen (secondary N) is 3. The second-order valence-electron chi connectivity index (χ2n) is 12.8. The molecule has 3 N–H and O–H groups in total. The fraction of sp³-hybridized carbons (Fsp3) is 0.471. The Kier molecular flexibility index (Phi) is 14.6. The zero-order chi connectivity index (χ0) is 39.8. The van der Waals surface area contributed by atoms with Crippen LogP contribution in [0.3, 0.4) is 0 Å². The first-order chi connectivity index (χ1) is 25.4. The number of H-pyrrole nitrogens is 1. The molecule has 0 saturated carbocycles. The Balaban J connectivity index is 1.72. The van der Waals surface area contributed by atoms with E-state index in [9.17, 15) is 28.3 Å². The van der Waals surface area contributed by atoms with E-state index in [2.05, 4.69) is 15.2 Å². The molecule has 0 bridgehead atoms. The molecular weight excluding hydrogens is 753 g/mol. The Morgan fingerprint density at radius 1 is 0.833 bits per heavy atom. The largest absolute Gasteiger partial charge is 0.462 e. The first-order valence-electron chi connectivity index (χ1n) is 17.0. The molecule has 296 valence electrons. The van der Waals surface area contributed by atoms with Crippen molar-refractivity contribution in [3.8, 4) is 11.5 Å². The van der Waals surface area contributed by atoms with E-state index in [1.807, 2.05) is 0 Å². The van der Waals surface area contributed by atoms with Crippen molar-refractivity contribution in [1.29, 1.82) is 0 Å². The first-order valence-corrected chi connectivity index (χ1v) is 20.1. The van der Waals surface area contributed by atoms with E-state index >= 15 is 4.39 Å². The van der Waals surface area contributed by atoms with Gasteiger partial charge >= 0.3 is 33.1 Å². The van der Waals surface area contributed by atoms with Crippen LogP contribution in [0.2, 0.25) is 0 Å². The zero-order valence-electron chi connectivity index (χ0n) is 30.7. The van der Waals surface area contributed by atoms with Crippen molar-refractivity contribution in [1.82, 2.24) is 19.7 Å². The van der Waals surface area contributed by atoms with Gasteiger partial charge in [0, 0.05) is 11.8 Å². The number of para-hydroxylation sites is 2. The van der Waals surface area contributed by atoms with Gasteiger partial charge in [0.2, 0.25) is 0 Å². The van der Waals surface area contributed by atoms with Crippen molar-refractivity contribution >= 4 is 27.4 Å². The summed E-state index contributed by atoms with van der Waals surface area (Å²) >= 11 is 0. The SMILES string of the molecule is Cc1cn([C@H]2O[C@@H](CO[P@](=O)(N[C@@H](C)C(=O)OC(C)C)Oc3ccccc3)C(O[P@](=O)(N[C@@H](C)C(=O)OC(C)C)Oc3ccccc3)[C@H]2F)c(=O)[nH]c1=O. The van der Waals surface area contributed by atoms with E-state index in [-0.39, 0.29) is 17.1 Å². The van der Waals surface area contributed by atoms with Gasteiger partial charge in [-0.05, 0) is 72.7 Å². The van der Waals surface area contributed by atoms with Crippen LogP contribution in [0.15, 0.2) is 76.4 Å². The highest BCUT2D eigenvalue weighted by Gasteiger charge is 2.52. The molecule has 1 fully saturated rings. The van der Waals surface area contributed by atoms with Gasteiger partial charge in [-0.2, -0.15) is 10.2 Å². The Morgan fingerprint density at radius 3 is 1.81 bits per heavy atom. The van der Waals surface area contributed by atoms with Crippen LogP contribution >= 0.6 is 15.5 Å². The number of hydrogen-bond acceptors (Lipinski definition) is 13. The summed E-state index contributed by atoms with van der Waals surface area (Å²) in [5, 5.41) is 4.98. The smallest absolute Gasteiger partial charge is 0.459 e. The molecular formula is C34H45FN4O13P2. The third-order valence-corrected chi connectivity index (χ3v) is 10.7. The zero-order valence-corrected chi connectivity index (χ0v) is 32.5. The number of ether oxygens (including phenoxy) is 3. The van der Waals surface area contributed by atoms with Crippen molar-refractivity contribution in [2.75, 3.05) is 6.61 Å². The van der Waals surface area contributed by atoms with E-state index in [4.69, 9.17) is 32.3 Å². The summed E-state index contributed by atoms with van der Waals surface area (Å²) in [7, 11) is -9.35. The highest BCUT2D eigenvalue weighted by atomic mass is 31.2. The van der Waals surface area contributed by atoms with E-state index in [0.29, 0.717) is 0 Å². The molecule has 3 aromatic rings. The highest BCUT2D eigenvalue weighted by Crippen LogP contribution is 2.51. The maximum Gasteiger partial charge on any atom is 0.459 e. The van der Waals surface area contributed by atoms with Gasteiger partial charge in [-0.1, -0.05) is 36.4 Å². The minimum atomic E-state index is -4.78. The second kappa shape index (κ2) is 18.5. The maximum atomic E-state index is 16.7. The Hall–Kier alpha value is -4.15. The Morgan fingerprint density at radius 2 is 1.31 bits per heavy atom. The number of alkyl halides is 1. The molecule has 0 aliphatic carbocycles. The molecule has 2 aromatic carbocycles. The van der Waals surface area contributed by atoms with Gasteiger partial charge in [0.1, 0.15) is 35.8 Å². The molecule has 1 unspecified atom stereocenters. The normalized spacial score (nSPS) is 21.8. The monoisotopic (exact) mass is 798 g/mol. The van der Waals surface area contributed by atoms with Crippen LogP contribution in [0.5, 0.6) is 11.5 Å². The summed E-state index contributed by atoms with van der Waals surface area (Å²) in [4.78, 5) is 52.5. The van der Waals surface area contributed by atoms with E-state index < -0.39 is 94.2 Å². The quantitative estimate of drug-likeness (QED) is 0.117. The lowest BCUT2D eigenvalue weighted by atomic mass is 10.1. The second-order valence-corrected chi connectivity index (χ2v) is 16.2. The van der Waals surface area contributed by atoms with Crippen LogP contribution in [0.25, 0.3) is 0 Å². The van der Waals surface area contributed by atoms with Gasteiger partial charge in [0.25, 0.3) is 5.56 Å². The van der Waals surface area contributed by atoms with Crippen LogP contribution in [-0.2, 0) is 42.0 Å². The topological polar surface area (TPSA) is 212 Å². The number of nitrogens with zero attached hydrogens (tertiary/aromatic N) is 1. The third-order valence-electron chi connectivity index (χ3n) is 7.41. The van der Waals surface area contributed by atoms with Gasteiger partial charge in [-0.25, -0.2) is 18.3 Å². The average molecular weight is 799 g/mol. The van der Waals surface area contributed by atoms with Crippen molar-refractivity contribution in [2.45, 2.75) is 97.4 Å². The summed E-state index contributed by atoms with van der Waals surface area (Å²) < 4.78 is 85.6. The summed E-state index contributed by atoms with van der Waals surface area (Å²) in [5.74, 6) is -1.53. The van der Waals surface area contributed by atoms with E-state index in [0.717, 1.165) is 10.8 Å². The minimum absolute atomic E-state index is 0.0103. The lowest BCUT2D eigenvalue weighted by Crippen LogP contribution is -2.41. The molecule has 1 aliphatic heterocycles. The molecule has 8 atom stereocenters. The van der Waals surface area contributed by atoms with Gasteiger partial charge in [-0.15, -0.1) is 0 Å². The molecule has 0 radical (unpaired) electrons. The number of aryl methyl sites for hydroxylation is 1. The molecule has 20 heteroatoms. The molecule has 1 aromatic heterocycles. The van der Waals surface area contributed by atoms with Crippen molar-refractivity contribution in [3.63, 3.8) is 0 Å². The highest BCUT2D eigenvalue weighted by molar-refractivity contribution is 7.52. The fourth-order valence-corrected chi connectivity index (χ4v) is 8.15. The molecule has 0 amide bonds. The Labute approximate surface area is 311 Å². The molecule has 54 heavy (non-hydrogen) atoms. The summed E-state index contributed by atoms with van der Waals surface area (Å²) in [5.41, 5.74) is -1.73. The summed E-state index contributed by atoms with van der Waals surface area (Å²) in [6, 6.07) is 12.9. The number of benzene rings is 2. The lowest BCUT2D eigenvalue weighted by Gasteiger charge is -2.29. The number of esters is 2. The van der Waals surface area contributed by atoms with Crippen LogP contribution < -0.4 is 30.5 Å². The van der Waals surface area contributed by atoms with Crippen LogP contribution in [0.1, 0.15) is 53.3 Å². The number of halogens is 1. The van der Waals surface area contributed by atoms with Gasteiger partial charge < -0.3 is 23.3 Å². The van der Waals surface area contributed by atoms with Crippen LogP contribution in [-0.4, -0.2) is 70.8 Å². The minimum Gasteiger partial charge on any atom is -0.462 e.